The largest absolute Gasteiger partial charge is 0.496 e. The van der Waals surface area contributed by atoms with E-state index in [1.165, 1.54) is 0 Å². The molecule has 19 heavy (non-hydrogen) atoms. The number of para-hydroxylation sites is 1. The summed E-state index contributed by atoms with van der Waals surface area (Å²) in [5.74, 6) is 0.985. The normalized spacial score (nSPS) is 12.0. The van der Waals surface area contributed by atoms with E-state index in [1.807, 2.05) is 45.3 Å². The quantitative estimate of drug-likeness (QED) is 0.768. The minimum atomic E-state index is 0.0123. The molecular weight excluding hydrogens is 240 g/mol. The van der Waals surface area contributed by atoms with Crippen LogP contribution >= 0.6 is 0 Å². The molecule has 1 atom stereocenters. The molecule has 0 saturated carbocycles. The molecule has 4 heteroatoms. The lowest BCUT2D eigenvalue weighted by atomic mass is 10.1. The summed E-state index contributed by atoms with van der Waals surface area (Å²) in [6.45, 7) is 2.89. The fourth-order valence-corrected chi connectivity index (χ4v) is 2.03. The molecule has 0 fully saturated rings. The van der Waals surface area contributed by atoms with Crippen molar-refractivity contribution in [2.24, 2.45) is 0 Å². The summed E-state index contributed by atoms with van der Waals surface area (Å²) in [6.07, 6.45) is 1.43. The zero-order valence-corrected chi connectivity index (χ0v) is 12.3. The van der Waals surface area contributed by atoms with Crippen LogP contribution < -0.4 is 10.1 Å². The summed E-state index contributed by atoms with van der Waals surface area (Å²) < 4.78 is 5.35. The first kappa shape index (κ1) is 15.5. The Hall–Kier alpha value is -1.55. The highest BCUT2D eigenvalue weighted by atomic mass is 16.5. The number of hydrogen-bond donors (Lipinski definition) is 1. The standard InChI is InChI=1S/C15H24N2O2/c1-12(13-8-5-6-9-14(13)19-4)17(3)15(18)10-7-11-16-2/h5-6,8-9,12,16H,7,10-11H2,1-4H3. The van der Waals surface area contributed by atoms with E-state index in [-0.39, 0.29) is 11.9 Å². The number of ether oxygens (including phenoxy) is 1. The number of methoxy groups -OCH3 is 1. The highest BCUT2D eigenvalue weighted by Gasteiger charge is 2.19. The SMILES string of the molecule is CNCCCC(=O)N(C)C(C)c1ccccc1OC. The van der Waals surface area contributed by atoms with E-state index in [2.05, 4.69) is 5.32 Å². The van der Waals surface area contributed by atoms with E-state index in [4.69, 9.17) is 4.74 Å². The molecule has 0 radical (unpaired) electrons. The third-order valence-electron chi connectivity index (χ3n) is 3.38. The Balaban J connectivity index is 2.70. The van der Waals surface area contributed by atoms with E-state index >= 15 is 0 Å². The second kappa shape index (κ2) is 7.79. The van der Waals surface area contributed by atoms with Crippen LogP contribution in [0, 0.1) is 0 Å². The lowest BCUT2D eigenvalue weighted by Crippen LogP contribution is -2.30. The number of rotatable bonds is 7. The van der Waals surface area contributed by atoms with Gasteiger partial charge in [-0.1, -0.05) is 18.2 Å². The number of amides is 1. The van der Waals surface area contributed by atoms with Crippen LogP contribution in [0.25, 0.3) is 0 Å². The molecule has 4 nitrogen and oxygen atoms in total. The average Bonchev–Trinajstić information content (AvgIpc) is 2.45. The maximum absolute atomic E-state index is 12.1. The minimum Gasteiger partial charge on any atom is -0.496 e. The Morgan fingerprint density at radius 2 is 2.11 bits per heavy atom. The van der Waals surface area contributed by atoms with Gasteiger partial charge in [-0.15, -0.1) is 0 Å². The maximum atomic E-state index is 12.1. The number of nitrogens with zero attached hydrogens (tertiary/aromatic N) is 1. The predicted molar refractivity (Wildman–Crippen MR) is 77.3 cm³/mol. The number of hydrogen-bond acceptors (Lipinski definition) is 3. The van der Waals surface area contributed by atoms with Crippen molar-refractivity contribution in [3.05, 3.63) is 29.8 Å². The number of benzene rings is 1. The molecule has 1 rings (SSSR count). The molecule has 0 aliphatic heterocycles. The zero-order chi connectivity index (χ0) is 14.3. The second-order valence-corrected chi connectivity index (χ2v) is 4.63. The van der Waals surface area contributed by atoms with Crippen molar-refractivity contribution in [1.82, 2.24) is 10.2 Å². The number of nitrogens with one attached hydrogen (secondary N) is 1. The first-order valence-electron chi connectivity index (χ1n) is 6.65. The van der Waals surface area contributed by atoms with E-state index < -0.39 is 0 Å². The van der Waals surface area contributed by atoms with Crippen molar-refractivity contribution in [3.8, 4) is 5.75 Å². The smallest absolute Gasteiger partial charge is 0.222 e. The van der Waals surface area contributed by atoms with Crippen LogP contribution in [0.4, 0.5) is 0 Å². The van der Waals surface area contributed by atoms with Gasteiger partial charge in [-0.3, -0.25) is 4.79 Å². The third kappa shape index (κ3) is 4.24. The van der Waals surface area contributed by atoms with Gasteiger partial charge in [-0.05, 0) is 33.0 Å². The molecule has 1 unspecified atom stereocenters. The predicted octanol–water partition coefficient (Wildman–Crippen LogP) is 2.21. The lowest BCUT2D eigenvalue weighted by Gasteiger charge is -2.26. The van der Waals surface area contributed by atoms with Gasteiger partial charge in [0.2, 0.25) is 5.91 Å². The van der Waals surface area contributed by atoms with Crippen LogP contribution in [0.1, 0.15) is 31.4 Å². The number of carbonyl (C=O) groups excluding carboxylic acids is 1. The molecule has 0 aliphatic carbocycles. The molecule has 1 aromatic rings. The summed E-state index contributed by atoms with van der Waals surface area (Å²) in [7, 11) is 5.39. The second-order valence-electron chi connectivity index (χ2n) is 4.63. The van der Waals surface area contributed by atoms with Gasteiger partial charge in [0, 0.05) is 19.0 Å². The summed E-state index contributed by atoms with van der Waals surface area (Å²) >= 11 is 0. The Kier molecular flexibility index (Phi) is 6.36. The molecule has 1 N–H and O–H groups in total. The molecule has 0 heterocycles. The van der Waals surface area contributed by atoms with Crippen molar-refractivity contribution >= 4 is 5.91 Å². The summed E-state index contributed by atoms with van der Waals surface area (Å²) in [6, 6.07) is 7.84. The molecule has 1 aromatic carbocycles. The first-order chi connectivity index (χ1) is 9.11. The van der Waals surface area contributed by atoms with E-state index in [0.29, 0.717) is 6.42 Å². The van der Waals surface area contributed by atoms with Crippen molar-refractivity contribution in [3.63, 3.8) is 0 Å². The molecule has 0 aromatic heterocycles. The first-order valence-corrected chi connectivity index (χ1v) is 6.65. The van der Waals surface area contributed by atoms with Crippen molar-refractivity contribution in [1.29, 1.82) is 0 Å². The van der Waals surface area contributed by atoms with E-state index in [1.54, 1.807) is 12.0 Å². The fraction of sp³-hybridized carbons (Fsp3) is 0.533. The molecule has 0 bridgehead atoms. The van der Waals surface area contributed by atoms with Crippen LogP contribution in [0.2, 0.25) is 0 Å². The van der Waals surface area contributed by atoms with Gasteiger partial charge in [0.15, 0.2) is 0 Å². The maximum Gasteiger partial charge on any atom is 0.222 e. The van der Waals surface area contributed by atoms with Crippen LogP contribution in [0.3, 0.4) is 0 Å². The summed E-state index contributed by atoms with van der Waals surface area (Å²) in [5, 5.41) is 3.05. The van der Waals surface area contributed by atoms with Gasteiger partial charge >= 0.3 is 0 Å². The van der Waals surface area contributed by atoms with Crippen LogP contribution in [-0.4, -0.2) is 38.6 Å². The Morgan fingerprint density at radius 3 is 2.74 bits per heavy atom. The summed E-state index contributed by atoms with van der Waals surface area (Å²) in [4.78, 5) is 13.9. The average molecular weight is 264 g/mol. The molecule has 0 aliphatic rings. The lowest BCUT2D eigenvalue weighted by molar-refractivity contribution is -0.131. The van der Waals surface area contributed by atoms with Gasteiger partial charge in [-0.2, -0.15) is 0 Å². The molecule has 0 spiro atoms. The monoisotopic (exact) mass is 264 g/mol. The van der Waals surface area contributed by atoms with Gasteiger partial charge in [0.25, 0.3) is 0 Å². The third-order valence-corrected chi connectivity index (χ3v) is 3.38. The van der Waals surface area contributed by atoms with Crippen LogP contribution in [0.5, 0.6) is 5.75 Å². The van der Waals surface area contributed by atoms with Gasteiger partial charge < -0.3 is 15.0 Å². The van der Waals surface area contributed by atoms with Crippen molar-refractivity contribution in [2.75, 3.05) is 27.7 Å². The van der Waals surface area contributed by atoms with E-state index in [0.717, 1.165) is 24.3 Å². The summed E-state index contributed by atoms with van der Waals surface area (Å²) in [5.41, 5.74) is 1.04. The van der Waals surface area contributed by atoms with Gasteiger partial charge in [0.05, 0.1) is 13.2 Å². The van der Waals surface area contributed by atoms with E-state index in [9.17, 15) is 4.79 Å². The molecule has 106 valence electrons. The molecule has 1 amide bonds. The minimum absolute atomic E-state index is 0.0123. The number of carbonyl (C=O) groups is 1. The van der Waals surface area contributed by atoms with Crippen LogP contribution in [-0.2, 0) is 4.79 Å². The highest BCUT2D eigenvalue weighted by Crippen LogP contribution is 2.28. The zero-order valence-electron chi connectivity index (χ0n) is 12.3. The Morgan fingerprint density at radius 1 is 1.42 bits per heavy atom. The Labute approximate surface area is 115 Å². The Bertz CT molecular complexity index is 407. The van der Waals surface area contributed by atoms with Crippen molar-refractivity contribution in [2.45, 2.75) is 25.8 Å². The van der Waals surface area contributed by atoms with Gasteiger partial charge in [0.1, 0.15) is 5.75 Å². The van der Waals surface area contributed by atoms with Crippen molar-refractivity contribution < 1.29 is 9.53 Å². The topological polar surface area (TPSA) is 41.6 Å². The molecular formula is C15H24N2O2. The van der Waals surface area contributed by atoms with Crippen LogP contribution in [0.15, 0.2) is 24.3 Å². The fourth-order valence-electron chi connectivity index (χ4n) is 2.03. The van der Waals surface area contributed by atoms with Gasteiger partial charge in [-0.25, -0.2) is 0 Å². The highest BCUT2D eigenvalue weighted by molar-refractivity contribution is 5.76. The molecule has 0 saturated heterocycles.